The summed E-state index contributed by atoms with van der Waals surface area (Å²) in [6.45, 7) is 2.19. The smallest absolute Gasteiger partial charge is 0.249 e. The van der Waals surface area contributed by atoms with Crippen LogP contribution in [0.1, 0.15) is 19.0 Å². The summed E-state index contributed by atoms with van der Waals surface area (Å²) in [6.07, 6.45) is 3.65. The van der Waals surface area contributed by atoms with E-state index in [1.807, 2.05) is 6.92 Å². The molecular formula is C11H15N5O2. The lowest BCUT2D eigenvalue weighted by Crippen LogP contribution is -2.58. The van der Waals surface area contributed by atoms with Gasteiger partial charge in [0.05, 0.1) is 12.2 Å². The normalized spacial score (nSPS) is 19.9. The van der Waals surface area contributed by atoms with Crippen molar-refractivity contribution in [3.05, 3.63) is 18.1 Å². The number of aromatic nitrogens is 2. The van der Waals surface area contributed by atoms with Gasteiger partial charge in [-0.05, 0) is 6.42 Å². The van der Waals surface area contributed by atoms with Crippen LogP contribution < -0.4 is 16.0 Å². The number of nitrogens with one attached hydrogen (secondary N) is 1. The lowest BCUT2D eigenvalue weighted by atomic mass is 10.1. The van der Waals surface area contributed by atoms with Crippen LogP contribution in [0, 0.1) is 0 Å². The van der Waals surface area contributed by atoms with Crippen molar-refractivity contribution in [2.75, 3.05) is 11.4 Å². The average molecular weight is 249 g/mol. The van der Waals surface area contributed by atoms with Crippen molar-refractivity contribution < 1.29 is 9.59 Å². The molecule has 7 nitrogen and oxygen atoms in total. The first-order chi connectivity index (χ1) is 8.67. The van der Waals surface area contributed by atoms with Crippen molar-refractivity contribution in [2.45, 2.75) is 25.9 Å². The highest BCUT2D eigenvalue weighted by atomic mass is 16.2. The maximum atomic E-state index is 11.8. The molecule has 0 radical (unpaired) electrons. The minimum Gasteiger partial charge on any atom is -0.334 e. The average Bonchev–Trinajstić information content (AvgIpc) is 2.38. The second kappa shape index (κ2) is 5.09. The molecule has 1 saturated heterocycles. The minimum absolute atomic E-state index is 0.0932. The van der Waals surface area contributed by atoms with Gasteiger partial charge in [-0.2, -0.15) is 0 Å². The summed E-state index contributed by atoms with van der Waals surface area (Å²) in [6, 6.07) is -0.412. The van der Waals surface area contributed by atoms with Crippen LogP contribution in [0.5, 0.6) is 0 Å². The molecule has 2 amide bonds. The first-order valence-electron chi connectivity index (χ1n) is 5.77. The van der Waals surface area contributed by atoms with Crippen LogP contribution in [0.15, 0.2) is 12.4 Å². The summed E-state index contributed by atoms with van der Waals surface area (Å²) < 4.78 is 0. The molecule has 0 saturated carbocycles. The largest absolute Gasteiger partial charge is 0.334 e. The van der Waals surface area contributed by atoms with Gasteiger partial charge < -0.3 is 10.6 Å². The van der Waals surface area contributed by atoms with Crippen LogP contribution in [-0.2, 0) is 16.1 Å². The Morgan fingerprint density at radius 3 is 2.83 bits per heavy atom. The number of hydrogen-bond acceptors (Lipinski definition) is 6. The van der Waals surface area contributed by atoms with Gasteiger partial charge in [-0.25, -0.2) is 4.98 Å². The number of hydrogen-bond donors (Lipinski definition) is 2. The molecule has 0 bridgehead atoms. The number of carbonyl (C=O) groups excluding carboxylic acids is 2. The molecule has 1 unspecified atom stereocenters. The molecule has 0 aliphatic carbocycles. The van der Waals surface area contributed by atoms with Crippen molar-refractivity contribution in [3.63, 3.8) is 0 Å². The molecule has 96 valence electrons. The summed E-state index contributed by atoms with van der Waals surface area (Å²) in [7, 11) is 0. The van der Waals surface area contributed by atoms with Crippen LogP contribution >= 0.6 is 0 Å². The topological polar surface area (TPSA) is 101 Å². The Morgan fingerprint density at radius 1 is 1.44 bits per heavy atom. The van der Waals surface area contributed by atoms with Gasteiger partial charge in [0.1, 0.15) is 6.04 Å². The quantitative estimate of drug-likeness (QED) is 0.678. The Hall–Kier alpha value is -2.02. The number of rotatable bonds is 3. The zero-order valence-corrected chi connectivity index (χ0v) is 10.1. The Balaban J connectivity index is 2.39. The molecule has 3 N–H and O–H groups in total. The summed E-state index contributed by atoms with van der Waals surface area (Å²) in [5.41, 5.74) is 6.18. The maximum Gasteiger partial charge on any atom is 0.249 e. The molecule has 7 heteroatoms. The van der Waals surface area contributed by atoms with Crippen molar-refractivity contribution in [2.24, 2.45) is 5.73 Å². The van der Waals surface area contributed by atoms with Gasteiger partial charge >= 0.3 is 0 Å². The van der Waals surface area contributed by atoms with E-state index in [1.165, 1.54) is 6.20 Å². The predicted molar refractivity (Wildman–Crippen MR) is 64.5 cm³/mol. The molecule has 1 fully saturated rings. The molecule has 1 aliphatic rings. The van der Waals surface area contributed by atoms with Crippen LogP contribution in [0.2, 0.25) is 0 Å². The lowest BCUT2D eigenvalue weighted by molar-refractivity contribution is -0.132. The maximum absolute atomic E-state index is 11.8. The summed E-state index contributed by atoms with van der Waals surface area (Å²) in [4.78, 5) is 33.2. The van der Waals surface area contributed by atoms with Crippen LogP contribution in [0.4, 0.5) is 5.82 Å². The van der Waals surface area contributed by atoms with Crippen LogP contribution in [-0.4, -0.2) is 34.4 Å². The molecule has 0 aromatic carbocycles. The highest BCUT2D eigenvalue weighted by molar-refractivity contribution is 6.04. The molecule has 1 aromatic heterocycles. The Bertz CT molecular complexity index is 476. The number of nitrogens with two attached hydrogens (primary N) is 1. The summed E-state index contributed by atoms with van der Waals surface area (Å²) in [5, 5.41) is 2.32. The SMILES string of the molecule is CCC1C(=O)NC(=O)CN1c1nccnc1CN. The third-order valence-electron chi connectivity index (χ3n) is 2.86. The van der Waals surface area contributed by atoms with Gasteiger partial charge in [0.15, 0.2) is 5.82 Å². The Morgan fingerprint density at radius 2 is 2.17 bits per heavy atom. The van der Waals surface area contributed by atoms with E-state index >= 15 is 0 Å². The van der Waals surface area contributed by atoms with Crippen LogP contribution in [0.3, 0.4) is 0 Å². The number of carbonyl (C=O) groups is 2. The first kappa shape index (κ1) is 12.4. The number of piperazine rings is 1. The van der Waals surface area contributed by atoms with E-state index < -0.39 is 6.04 Å². The lowest BCUT2D eigenvalue weighted by Gasteiger charge is -2.34. The molecule has 1 aliphatic heterocycles. The van der Waals surface area contributed by atoms with E-state index in [0.717, 1.165) is 0 Å². The predicted octanol–water partition coefficient (Wildman–Crippen LogP) is -0.823. The van der Waals surface area contributed by atoms with Gasteiger partial charge in [0, 0.05) is 18.9 Å². The van der Waals surface area contributed by atoms with E-state index in [2.05, 4.69) is 15.3 Å². The second-order valence-electron chi connectivity index (χ2n) is 4.00. The van der Waals surface area contributed by atoms with Gasteiger partial charge in [-0.1, -0.05) is 6.92 Å². The Kier molecular flexibility index (Phi) is 3.52. The molecule has 2 rings (SSSR count). The van der Waals surface area contributed by atoms with E-state index in [-0.39, 0.29) is 24.9 Å². The number of imide groups is 1. The van der Waals surface area contributed by atoms with Crippen molar-refractivity contribution in [1.82, 2.24) is 15.3 Å². The molecule has 1 atom stereocenters. The van der Waals surface area contributed by atoms with Gasteiger partial charge in [-0.3, -0.25) is 19.9 Å². The molecule has 1 aromatic rings. The van der Waals surface area contributed by atoms with Crippen LogP contribution in [0.25, 0.3) is 0 Å². The zero-order valence-electron chi connectivity index (χ0n) is 10.1. The van der Waals surface area contributed by atoms with Crippen molar-refractivity contribution >= 4 is 17.6 Å². The standard InChI is InChI=1S/C11H15N5O2/c1-2-8-11(18)15-9(17)6-16(8)10-7(5-12)13-3-4-14-10/h3-4,8H,2,5-6,12H2,1H3,(H,15,17,18). The molecule has 18 heavy (non-hydrogen) atoms. The fourth-order valence-corrected chi connectivity index (χ4v) is 2.04. The van der Waals surface area contributed by atoms with E-state index in [0.29, 0.717) is 17.9 Å². The second-order valence-corrected chi connectivity index (χ2v) is 4.00. The summed E-state index contributed by atoms with van der Waals surface area (Å²) in [5.74, 6) is -0.129. The number of anilines is 1. The van der Waals surface area contributed by atoms with Crippen molar-refractivity contribution in [3.8, 4) is 0 Å². The fraction of sp³-hybridized carbons (Fsp3) is 0.455. The van der Waals surface area contributed by atoms with E-state index in [4.69, 9.17) is 5.73 Å². The first-order valence-corrected chi connectivity index (χ1v) is 5.77. The fourth-order valence-electron chi connectivity index (χ4n) is 2.04. The minimum atomic E-state index is -0.412. The van der Waals surface area contributed by atoms with E-state index in [1.54, 1.807) is 11.1 Å². The highest BCUT2D eigenvalue weighted by Gasteiger charge is 2.34. The highest BCUT2D eigenvalue weighted by Crippen LogP contribution is 2.20. The third kappa shape index (κ3) is 2.17. The van der Waals surface area contributed by atoms with Crippen molar-refractivity contribution in [1.29, 1.82) is 0 Å². The molecule has 2 heterocycles. The van der Waals surface area contributed by atoms with Gasteiger partial charge in [0.25, 0.3) is 0 Å². The third-order valence-corrected chi connectivity index (χ3v) is 2.86. The van der Waals surface area contributed by atoms with E-state index in [9.17, 15) is 9.59 Å². The number of nitrogens with zero attached hydrogens (tertiary/aromatic N) is 3. The monoisotopic (exact) mass is 249 g/mol. The molecule has 0 spiro atoms. The van der Waals surface area contributed by atoms with Gasteiger partial charge in [-0.15, -0.1) is 0 Å². The molecular weight excluding hydrogens is 234 g/mol. The summed E-state index contributed by atoms with van der Waals surface area (Å²) >= 11 is 0. The Labute approximate surface area is 104 Å². The number of amides is 2. The van der Waals surface area contributed by atoms with Gasteiger partial charge in [0.2, 0.25) is 11.8 Å². The zero-order chi connectivity index (χ0) is 13.1.